The van der Waals surface area contributed by atoms with Gasteiger partial charge in [0, 0.05) is 37.8 Å². The minimum Gasteiger partial charge on any atom is -0.440 e. The van der Waals surface area contributed by atoms with Crippen LogP contribution < -0.4 is 4.90 Å². The lowest BCUT2D eigenvalue weighted by Crippen LogP contribution is -2.48. The van der Waals surface area contributed by atoms with E-state index in [0.717, 1.165) is 29.3 Å². The second-order valence-corrected chi connectivity index (χ2v) is 10.8. The molecule has 0 bridgehead atoms. The van der Waals surface area contributed by atoms with Crippen molar-refractivity contribution < 1.29 is 12.8 Å². The third-order valence-corrected chi connectivity index (χ3v) is 9.22. The highest BCUT2D eigenvalue weighted by atomic mass is 32.2. The number of anilines is 1. The number of nitrogens with zero attached hydrogens (tertiary/aromatic N) is 3. The van der Waals surface area contributed by atoms with Gasteiger partial charge in [-0.25, -0.2) is 13.4 Å². The van der Waals surface area contributed by atoms with Crippen LogP contribution in [0.25, 0.3) is 10.6 Å². The molecular formula is C21H23N3O3S2. The Labute approximate surface area is 174 Å². The van der Waals surface area contributed by atoms with Crippen LogP contribution in [0.1, 0.15) is 31.1 Å². The number of thiophene rings is 1. The Morgan fingerprint density at radius 1 is 1.00 bits per heavy atom. The Hall–Kier alpha value is -2.16. The van der Waals surface area contributed by atoms with E-state index in [9.17, 15) is 8.42 Å². The van der Waals surface area contributed by atoms with Crippen LogP contribution in [0.3, 0.4) is 0 Å². The second kappa shape index (κ2) is 7.59. The van der Waals surface area contributed by atoms with E-state index >= 15 is 0 Å². The molecule has 3 aromatic rings. The zero-order chi connectivity index (χ0) is 19.8. The predicted molar refractivity (Wildman–Crippen MR) is 114 cm³/mol. The topological polar surface area (TPSA) is 66.7 Å². The molecule has 0 atom stereocenters. The first-order valence-corrected chi connectivity index (χ1v) is 12.2. The van der Waals surface area contributed by atoms with E-state index in [0.29, 0.717) is 42.1 Å². The fourth-order valence-corrected chi connectivity index (χ4v) is 6.62. The Balaban J connectivity index is 1.29. The van der Waals surface area contributed by atoms with Gasteiger partial charge in [-0.15, -0.1) is 11.3 Å². The predicted octanol–water partition coefficient (Wildman–Crippen LogP) is 4.18. The highest BCUT2D eigenvalue weighted by Crippen LogP contribution is 2.39. The number of hydrogen-bond donors (Lipinski definition) is 0. The van der Waals surface area contributed by atoms with Crippen LogP contribution >= 0.6 is 11.3 Å². The molecule has 1 aliphatic carbocycles. The fourth-order valence-electron chi connectivity index (χ4n) is 3.79. The third kappa shape index (κ3) is 3.60. The molecule has 152 valence electrons. The zero-order valence-corrected chi connectivity index (χ0v) is 17.7. The first kappa shape index (κ1) is 18.8. The molecule has 0 N–H and O–H groups in total. The van der Waals surface area contributed by atoms with Gasteiger partial charge in [0.2, 0.25) is 0 Å². The van der Waals surface area contributed by atoms with Crippen molar-refractivity contribution in [1.82, 2.24) is 9.29 Å². The van der Waals surface area contributed by atoms with Crippen molar-refractivity contribution in [3.8, 4) is 10.6 Å². The van der Waals surface area contributed by atoms with E-state index in [1.807, 2.05) is 24.3 Å². The Morgan fingerprint density at radius 3 is 2.45 bits per heavy atom. The SMILES string of the molecule is O=S(=O)(c1ccc(-c2cnc(C3CCC3)o2)s1)N1CCN(c2ccccc2)CC1. The molecule has 29 heavy (non-hydrogen) atoms. The van der Waals surface area contributed by atoms with Crippen LogP contribution in [-0.2, 0) is 10.0 Å². The summed E-state index contributed by atoms with van der Waals surface area (Å²) in [4.78, 5) is 7.42. The van der Waals surface area contributed by atoms with Crippen molar-refractivity contribution in [3.05, 3.63) is 54.6 Å². The quantitative estimate of drug-likeness (QED) is 0.609. The molecule has 2 fully saturated rings. The van der Waals surface area contributed by atoms with Crippen LogP contribution in [0, 0.1) is 0 Å². The van der Waals surface area contributed by atoms with Crippen molar-refractivity contribution in [1.29, 1.82) is 0 Å². The lowest BCUT2D eigenvalue weighted by Gasteiger charge is -2.35. The van der Waals surface area contributed by atoms with E-state index in [1.54, 1.807) is 16.6 Å². The standard InChI is InChI=1S/C21H23N3O3S2/c25-29(26,24-13-11-23(12-14-24)17-7-2-1-3-8-17)20-10-9-19(28-20)18-15-22-21(27-18)16-5-4-6-16/h1-3,7-10,15-16H,4-6,11-14H2. The maximum Gasteiger partial charge on any atom is 0.252 e. The highest BCUT2D eigenvalue weighted by molar-refractivity contribution is 7.91. The van der Waals surface area contributed by atoms with Gasteiger partial charge in [-0.1, -0.05) is 24.6 Å². The molecule has 1 aromatic carbocycles. The van der Waals surface area contributed by atoms with Gasteiger partial charge in [-0.2, -0.15) is 4.31 Å². The largest absolute Gasteiger partial charge is 0.440 e. The van der Waals surface area contributed by atoms with Gasteiger partial charge in [0.05, 0.1) is 11.1 Å². The summed E-state index contributed by atoms with van der Waals surface area (Å²) in [6, 6.07) is 13.6. The van der Waals surface area contributed by atoms with Gasteiger partial charge in [-0.05, 0) is 37.1 Å². The van der Waals surface area contributed by atoms with Crippen LogP contribution in [0.15, 0.2) is 57.3 Å². The number of para-hydroxylation sites is 1. The molecule has 1 saturated heterocycles. The zero-order valence-electron chi connectivity index (χ0n) is 16.0. The monoisotopic (exact) mass is 429 g/mol. The van der Waals surface area contributed by atoms with Crippen molar-refractivity contribution >= 4 is 27.0 Å². The molecule has 0 amide bonds. The normalized spacial score (nSPS) is 18.7. The van der Waals surface area contributed by atoms with E-state index < -0.39 is 10.0 Å². The summed E-state index contributed by atoms with van der Waals surface area (Å²) in [6.07, 6.45) is 5.19. The molecule has 0 spiro atoms. The number of sulfonamides is 1. The lowest BCUT2D eigenvalue weighted by molar-refractivity contribution is 0.338. The molecule has 5 rings (SSSR count). The van der Waals surface area contributed by atoms with Crippen LogP contribution in [0.5, 0.6) is 0 Å². The smallest absolute Gasteiger partial charge is 0.252 e. The van der Waals surface area contributed by atoms with E-state index in [1.165, 1.54) is 17.8 Å². The summed E-state index contributed by atoms with van der Waals surface area (Å²) in [5, 5.41) is 0. The molecule has 6 nitrogen and oxygen atoms in total. The first-order valence-electron chi connectivity index (χ1n) is 9.97. The summed E-state index contributed by atoms with van der Waals surface area (Å²) in [6.45, 7) is 2.35. The number of piperazine rings is 1. The van der Waals surface area contributed by atoms with E-state index in [4.69, 9.17) is 4.42 Å². The highest BCUT2D eigenvalue weighted by Gasteiger charge is 2.30. The lowest BCUT2D eigenvalue weighted by atomic mass is 9.85. The Kier molecular flexibility index (Phi) is 4.93. The number of rotatable bonds is 5. The van der Waals surface area contributed by atoms with Gasteiger partial charge in [0.1, 0.15) is 4.21 Å². The van der Waals surface area contributed by atoms with Crippen LogP contribution in [0.2, 0.25) is 0 Å². The third-order valence-electron chi connectivity index (χ3n) is 5.76. The van der Waals surface area contributed by atoms with Gasteiger partial charge in [-0.3, -0.25) is 0 Å². The average Bonchev–Trinajstić information content (AvgIpc) is 3.38. The van der Waals surface area contributed by atoms with Crippen molar-refractivity contribution in [2.24, 2.45) is 0 Å². The van der Waals surface area contributed by atoms with E-state index in [2.05, 4.69) is 22.0 Å². The molecular weight excluding hydrogens is 406 g/mol. The summed E-state index contributed by atoms with van der Waals surface area (Å²) >= 11 is 1.26. The average molecular weight is 430 g/mol. The molecule has 2 aliphatic rings. The van der Waals surface area contributed by atoms with Crippen LogP contribution in [0.4, 0.5) is 5.69 Å². The summed E-state index contributed by atoms with van der Waals surface area (Å²) < 4.78 is 34.1. The molecule has 0 radical (unpaired) electrons. The Bertz CT molecular complexity index is 1080. The molecule has 1 saturated carbocycles. The first-order chi connectivity index (χ1) is 14.1. The minimum absolute atomic E-state index is 0.363. The van der Waals surface area contributed by atoms with Crippen LogP contribution in [-0.4, -0.2) is 43.9 Å². The summed E-state index contributed by atoms with van der Waals surface area (Å²) in [5.41, 5.74) is 1.13. The van der Waals surface area contributed by atoms with Crippen molar-refractivity contribution in [3.63, 3.8) is 0 Å². The van der Waals surface area contributed by atoms with E-state index in [-0.39, 0.29) is 0 Å². The fraction of sp³-hybridized carbons (Fsp3) is 0.381. The number of oxazole rings is 1. The number of aromatic nitrogens is 1. The van der Waals surface area contributed by atoms with Gasteiger partial charge >= 0.3 is 0 Å². The van der Waals surface area contributed by atoms with Gasteiger partial charge in [0.25, 0.3) is 10.0 Å². The number of hydrogen-bond acceptors (Lipinski definition) is 6. The van der Waals surface area contributed by atoms with Crippen molar-refractivity contribution in [2.75, 3.05) is 31.1 Å². The molecule has 2 aromatic heterocycles. The molecule has 8 heteroatoms. The summed E-state index contributed by atoms with van der Waals surface area (Å²) in [5.74, 6) is 1.86. The summed E-state index contributed by atoms with van der Waals surface area (Å²) in [7, 11) is -3.49. The Morgan fingerprint density at radius 2 is 1.76 bits per heavy atom. The molecule has 3 heterocycles. The maximum absolute atomic E-state index is 13.1. The van der Waals surface area contributed by atoms with Crippen molar-refractivity contribution in [2.45, 2.75) is 29.4 Å². The maximum atomic E-state index is 13.1. The second-order valence-electron chi connectivity index (χ2n) is 7.54. The van der Waals surface area contributed by atoms with Gasteiger partial charge < -0.3 is 9.32 Å². The minimum atomic E-state index is -3.49. The number of benzene rings is 1. The van der Waals surface area contributed by atoms with Gasteiger partial charge in [0.15, 0.2) is 11.7 Å². The molecule has 1 aliphatic heterocycles. The molecule has 0 unspecified atom stereocenters.